The van der Waals surface area contributed by atoms with Crippen molar-refractivity contribution >= 4 is 22.9 Å². The summed E-state index contributed by atoms with van der Waals surface area (Å²) < 4.78 is 0. The first-order chi connectivity index (χ1) is 13.3. The summed E-state index contributed by atoms with van der Waals surface area (Å²) in [6.45, 7) is 2.24. The monoisotopic (exact) mass is 440 g/mol. The summed E-state index contributed by atoms with van der Waals surface area (Å²) in [5, 5.41) is 5.45. The van der Waals surface area contributed by atoms with Crippen LogP contribution in [0.3, 0.4) is 0 Å². The van der Waals surface area contributed by atoms with E-state index in [1.807, 2.05) is 0 Å². The molecular weight excluding hydrogens is 416 g/mol. The first-order valence-electron chi connectivity index (χ1n) is 10.3. The van der Waals surface area contributed by atoms with Gasteiger partial charge in [-0.15, -0.1) is 0 Å². The van der Waals surface area contributed by atoms with Crippen LogP contribution in [-0.4, -0.2) is 0 Å². The van der Waals surface area contributed by atoms with Gasteiger partial charge in [0, 0.05) is 26.2 Å². The van der Waals surface area contributed by atoms with Gasteiger partial charge in [0.2, 0.25) is 0 Å². The van der Waals surface area contributed by atoms with Gasteiger partial charge in [-0.2, -0.15) is 0 Å². The van der Waals surface area contributed by atoms with Gasteiger partial charge in [0.25, 0.3) is 0 Å². The standard InChI is InChI=1S/C27H26.Zr/c1-19-14-15-25(24-13-7-11-22-10-5-6-12-23(22)24)27-18-21(17-26(19)27)16-20-8-3-2-4-9-20;/h5-7,10-18,20H,2-4,8-9H2,1H3;. The number of rotatable bonds is 2. The van der Waals surface area contributed by atoms with Crippen molar-refractivity contribution < 1.29 is 26.2 Å². The molecule has 0 amide bonds. The Labute approximate surface area is 186 Å². The molecule has 0 N–H and O–H groups in total. The molecule has 3 aromatic rings. The van der Waals surface area contributed by atoms with Crippen molar-refractivity contribution in [1.82, 2.24) is 0 Å². The molecule has 0 atom stereocenters. The zero-order chi connectivity index (χ0) is 18.2. The molecule has 2 aliphatic carbocycles. The molecule has 0 spiro atoms. The van der Waals surface area contributed by atoms with Gasteiger partial charge in [-0.05, 0) is 81.3 Å². The third-order valence-electron chi connectivity index (χ3n) is 6.28. The minimum absolute atomic E-state index is 0. The van der Waals surface area contributed by atoms with Crippen LogP contribution in [0.5, 0.6) is 0 Å². The van der Waals surface area contributed by atoms with Crippen LogP contribution < -0.4 is 10.4 Å². The van der Waals surface area contributed by atoms with E-state index in [0.717, 1.165) is 5.92 Å². The topological polar surface area (TPSA) is 0 Å². The van der Waals surface area contributed by atoms with Crippen molar-refractivity contribution in [2.75, 3.05) is 0 Å². The molecule has 3 aromatic carbocycles. The fourth-order valence-corrected chi connectivity index (χ4v) is 4.83. The van der Waals surface area contributed by atoms with E-state index in [9.17, 15) is 0 Å². The first-order valence-corrected chi connectivity index (χ1v) is 10.3. The van der Waals surface area contributed by atoms with Gasteiger partial charge in [0.15, 0.2) is 0 Å². The fourth-order valence-electron chi connectivity index (χ4n) is 4.83. The summed E-state index contributed by atoms with van der Waals surface area (Å²) in [7, 11) is 0. The number of allylic oxidation sites excluding steroid dienone is 2. The van der Waals surface area contributed by atoms with Gasteiger partial charge in [-0.1, -0.05) is 79.9 Å². The molecule has 0 unspecified atom stereocenters. The van der Waals surface area contributed by atoms with Crippen LogP contribution in [0.2, 0.25) is 0 Å². The largest absolute Gasteiger partial charge is 0.0741 e. The Morgan fingerprint density at radius 1 is 0.750 bits per heavy atom. The predicted molar refractivity (Wildman–Crippen MR) is 117 cm³/mol. The Morgan fingerprint density at radius 3 is 2.36 bits per heavy atom. The summed E-state index contributed by atoms with van der Waals surface area (Å²) in [5.41, 5.74) is 5.48. The van der Waals surface area contributed by atoms with Crippen molar-refractivity contribution in [3.63, 3.8) is 0 Å². The van der Waals surface area contributed by atoms with E-state index in [2.05, 4.69) is 79.7 Å². The van der Waals surface area contributed by atoms with E-state index >= 15 is 0 Å². The minimum atomic E-state index is 0. The minimum Gasteiger partial charge on any atom is -0.0741 e. The van der Waals surface area contributed by atoms with E-state index in [0.29, 0.717) is 0 Å². The van der Waals surface area contributed by atoms with Crippen molar-refractivity contribution in [1.29, 1.82) is 0 Å². The molecule has 1 saturated carbocycles. The predicted octanol–water partition coefficient (Wildman–Crippen LogP) is 5.89. The average Bonchev–Trinajstić information content (AvgIpc) is 3.13. The molecule has 28 heavy (non-hydrogen) atoms. The van der Waals surface area contributed by atoms with Crippen LogP contribution in [0.25, 0.3) is 34.1 Å². The Hall–Kier alpha value is -1.72. The maximum Gasteiger partial charge on any atom is 0 e. The fraction of sp³-hybridized carbons (Fsp3) is 0.259. The van der Waals surface area contributed by atoms with Crippen LogP contribution in [-0.2, 0) is 26.2 Å². The zero-order valence-electron chi connectivity index (χ0n) is 16.5. The molecule has 1 fully saturated rings. The molecule has 0 heterocycles. The third kappa shape index (κ3) is 3.62. The third-order valence-corrected chi connectivity index (χ3v) is 6.28. The average molecular weight is 442 g/mol. The maximum atomic E-state index is 2.53. The summed E-state index contributed by atoms with van der Waals surface area (Å²) in [6.07, 6.45) is 14.3. The van der Waals surface area contributed by atoms with Gasteiger partial charge < -0.3 is 0 Å². The Morgan fingerprint density at radius 2 is 1.50 bits per heavy atom. The number of aryl methyl sites for hydroxylation is 1. The van der Waals surface area contributed by atoms with Gasteiger partial charge >= 0.3 is 0 Å². The van der Waals surface area contributed by atoms with E-state index in [-0.39, 0.29) is 26.2 Å². The van der Waals surface area contributed by atoms with E-state index in [4.69, 9.17) is 0 Å². The summed E-state index contributed by atoms with van der Waals surface area (Å²) >= 11 is 0. The molecule has 0 aromatic heterocycles. The maximum absolute atomic E-state index is 2.53. The second kappa shape index (κ2) is 8.34. The zero-order valence-corrected chi connectivity index (χ0v) is 19.0. The second-order valence-electron chi connectivity index (χ2n) is 8.14. The smallest absolute Gasteiger partial charge is 0 e. The van der Waals surface area contributed by atoms with Crippen LogP contribution >= 0.6 is 0 Å². The van der Waals surface area contributed by atoms with Crippen molar-refractivity contribution in [2.45, 2.75) is 39.0 Å². The van der Waals surface area contributed by atoms with Gasteiger partial charge in [0.05, 0.1) is 0 Å². The van der Waals surface area contributed by atoms with Gasteiger partial charge in [-0.25, -0.2) is 0 Å². The number of hydrogen-bond donors (Lipinski definition) is 0. The molecule has 0 aliphatic heterocycles. The van der Waals surface area contributed by atoms with E-state index in [1.54, 1.807) is 0 Å². The van der Waals surface area contributed by atoms with E-state index in [1.165, 1.54) is 75.6 Å². The molecule has 0 bridgehead atoms. The quantitative estimate of drug-likeness (QED) is 0.465. The summed E-state index contributed by atoms with van der Waals surface area (Å²) in [4.78, 5) is 0. The number of fused-ring (bicyclic) bond motifs is 2. The van der Waals surface area contributed by atoms with Crippen LogP contribution in [0.4, 0.5) is 0 Å². The summed E-state index contributed by atoms with van der Waals surface area (Å²) in [6, 6.07) is 20.0. The van der Waals surface area contributed by atoms with Crippen molar-refractivity contribution in [3.8, 4) is 11.1 Å². The van der Waals surface area contributed by atoms with Gasteiger partial charge in [0.1, 0.15) is 0 Å². The molecule has 0 radical (unpaired) electrons. The SMILES string of the molecule is Cc1ccc(-c2cccc3ccccc23)c2c1=CC(=CC1CCCCC1)C=2.[Zr]. The first kappa shape index (κ1) is 19.6. The molecular formula is C27H26Zr. The molecule has 0 saturated heterocycles. The molecule has 2 aliphatic rings. The normalized spacial score (nSPS) is 17.7. The molecule has 1 heteroatoms. The number of hydrogen-bond acceptors (Lipinski definition) is 0. The molecule has 0 nitrogen and oxygen atoms in total. The van der Waals surface area contributed by atoms with Crippen molar-refractivity contribution in [3.05, 3.63) is 82.2 Å². The van der Waals surface area contributed by atoms with E-state index < -0.39 is 0 Å². The van der Waals surface area contributed by atoms with Gasteiger partial charge in [-0.3, -0.25) is 0 Å². The van der Waals surface area contributed by atoms with Crippen LogP contribution in [0, 0.1) is 12.8 Å². The van der Waals surface area contributed by atoms with Crippen molar-refractivity contribution in [2.24, 2.45) is 5.92 Å². The van der Waals surface area contributed by atoms with Crippen LogP contribution in [0.15, 0.2) is 66.2 Å². The summed E-state index contributed by atoms with van der Waals surface area (Å²) in [5.74, 6) is 0.761. The Kier molecular flexibility index (Phi) is 5.84. The number of benzene rings is 3. The Bertz CT molecular complexity index is 1160. The molecule has 138 valence electrons. The molecule has 5 rings (SSSR count). The second-order valence-corrected chi connectivity index (χ2v) is 8.14. The Balaban J connectivity index is 0.00000192. The van der Waals surface area contributed by atoms with Crippen LogP contribution in [0.1, 0.15) is 37.7 Å².